The lowest BCUT2D eigenvalue weighted by atomic mass is 10.1. The fraction of sp³-hybridized carbons (Fsp3) is 0.385. The minimum Gasteiger partial charge on any atom is -0.381 e. The molecular weight excluding hydrogens is 216 g/mol. The third-order valence-electron chi connectivity index (χ3n) is 2.81. The van der Waals surface area contributed by atoms with Gasteiger partial charge >= 0.3 is 0 Å². The molecule has 88 valence electrons. The zero-order chi connectivity index (χ0) is 12.1. The van der Waals surface area contributed by atoms with Crippen LogP contribution < -0.4 is 5.32 Å². The molecule has 0 radical (unpaired) electrons. The van der Waals surface area contributed by atoms with E-state index in [2.05, 4.69) is 11.4 Å². The number of hydrogen-bond donors (Lipinski definition) is 1. The average molecular weight is 230 g/mol. The van der Waals surface area contributed by atoms with Crippen LogP contribution in [0.4, 0.5) is 5.69 Å². The summed E-state index contributed by atoms with van der Waals surface area (Å²) in [7, 11) is 0. The Hall–Kier alpha value is -1.86. The third kappa shape index (κ3) is 3.05. The van der Waals surface area contributed by atoms with E-state index in [4.69, 9.17) is 10.00 Å². The van der Waals surface area contributed by atoms with Gasteiger partial charge in [-0.1, -0.05) is 12.1 Å². The Morgan fingerprint density at radius 3 is 2.82 bits per heavy atom. The second-order valence-electron chi connectivity index (χ2n) is 4.08. The molecule has 0 aromatic heterocycles. The number of hydrogen-bond acceptors (Lipinski definition) is 3. The smallest absolute Gasteiger partial charge is 0.229 e. The van der Waals surface area contributed by atoms with Crippen molar-refractivity contribution >= 4 is 11.6 Å². The van der Waals surface area contributed by atoms with Gasteiger partial charge in [-0.15, -0.1) is 0 Å². The van der Waals surface area contributed by atoms with E-state index in [9.17, 15) is 4.79 Å². The molecule has 1 aliphatic rings. The third-order valence-corrected chi connectivity index (χ3v) is 2.81. The first-order valence-corrected chi connectivity index (χ1v) is 5.64. The molecule has 2 rings (SSSR count). The van der Waals surface area contributed by atoms with E-state index in [0.29, 0.717) is 19.6 Å². The van der Waals surface area contributed by atoms with Crippen LogP contribution in [0.15, 0.2) is 24.3 Å². The molecule has 0 saturated carbocycles. The van der Waals surface area contributed by atoms with Gasteiger partial charge in [0.2, 0.25) is 5.91 Å². The summed E-state index contributed by atoms with van der Waals surface area (Å²) in [4.78, 5) is 11.8. The first kappa shape index (κ1) is 11.6. The summed E-state index contributed by atoms with van der Waals surface area (Å²) >= 11 is 0. The van der Waals surface area contributed by atoms with Crippen LogP contribution in [0.25, 0.3) is 0 Å². The van der Waals surface area contributed by atoms with E-state index in [1.165, 1.54) is 0 Å². The molecule has 1 N–H and O–H groups in total. The predicted molar refractivity (Wildman–Crippen MR) is 63.3 cm³/mol. The number of anilines is 1. The summed E-state index contributed by atoms with van der Waals surface area (Å²) in [6, 6.07) is 9.43. The molecule has 1 fully saturated rings. The van der Waals surface area contributed by atoms with Crippen molar-refractivity contribution in [1.82, 2.24) is 0 Å². The van der Waals surface area contributed by atoms with Crippen LogP contribution in [0.5, 0.6) is 0 Å². The SMILES string of the molecule is N#CCc1ccc(NC(=O)C2CCOC2)cc1. The number of carbonyl (C=O) groups is 1. The van der Waals surface area contributed by atoms with Gasteiger partial charge < -0.3 is 10.1 Å². The first-order chi connectivity index (χ1) is 8.29. The Morgan fingerprint density at radius 2 is 2.24 bits per heavy atom. The molecule has 1 amide bonds. The summed E-state index contributed by atoms with van der Waals surface area (Å²) in [6.07, 6.45) is 1.18. The van der Waals surface area contributed by atoms with Crippen molar-refractivity contribution in [3.8, 4) is 6.07 Å². The lowest BCUT2D eigenvalue weighted by Crippen LogP contribution is -2.22. The minimum atomic E-state index is -0.0335. The number of rotatable bonds is 3. The van der Waals surface area contributed by atoms with Crippen molar-refractivity contribution in [2.24, 2.45) is 5.92 Å². The van der Waals surface area contributed by atoms with E-state index in [1.807, 2.05) is 24.3 Å². The van der Waals surface area contributed by atoms with Gasteiger partial charge in [0, 0.05) is 12.3 Å². The van der Waals surface area contributed by atoms with Crippen LogP contribution in [0.1, 0.15) is 12.0 Å². The number of nitrogens with one attached hydrogen (secondary N) is 1. The van der Waals surface area contributed by atoms with Crippen LogP contribution in [-0.4, -0.2) is 19.1 Å². The molecule has 4 heteroatoms. The summed E-state index contributed by atoms with van der Waals surface area (Å²) in [6.45, 7) is 1.18. The highest BCUT2D eigenvalue weighted by Crippen LogP contribution is 2.16. The standard InChI is InChI=1S/C13H14N2O2/c14-7-5-10-1-3-12(4-2-10)15-13(16)11-6-8-17-9-11/h1-4,11H,5-6,8-9H2,(H,15,16). The zero-order valence-electron chi connectivity index (χ0n) is 9.48. The number of ether oxygens (including phenoxy) is 1. The predicted octanol–water partition coefficient (Wildman–Crippen LogP) is 1.73. The molecule has 1 saturated heterocycles. The van der Waals surface area contributed by atoms with E-state index in [-0.39, 0.29) is 11.8 Å². The van der Waals surface area contributed by atoms with Gasteiger partial charge in [0.05, 0.1) is 25.0 Å². The molecule has 0 spiro atoms. The minimum absolute atomic E-state index is 0.00975. The monoisotopic (exact) mass is 230 g/mol. The van der Waals surface area contributed by atoms with Crippen molar-refractivity contribution in [3.05, 3.63) is 29.8 Å². The maximum Gasteiger partial charge on any atom is 0.229 e. The van der Waals surface area contributed by atoms with Crippen LogP contribution >= 0.6 is 0 Å². The van der Waals surface area contributed by atoms with Crippen molar-refractivity contribution < 1.29 is 9.53 Å². The van der Waals surface area contributed by atoms with Crippen molar-refractivity contribution in [2.75, 3.05) is 18.5 Å². The number of nitriles is 1. The van der Waals surface area contributed by atoms with Gasteiger partial charge in [0.1, 0.15) is 0 Å². The van der Waals surface area contributed by atoms with Gasteiger partial charge in [-0.25, -0.2) is 0 Å². The fourth-order valence-corrected chi connectivity index (χ4v) is 1.78. The van der Waals surface area contributed by atoms with Crippen LogP contribution in [-0.2, 0) is 16.0 Å². The van der Waals surface area contributed by atoms with Gasteiger partial charge in [-0.2, -0.15) is 5.26 Å². The number of carbonyl (C=O) groups excluding carboxylic acids is 1. The van der Waals surface area contributed by atoms with Crippen LogP contribution in [0.3, 0.4) is 0 Å². The molecule has 0 aliphatic carbocycles. The molecule has 1 aliphatic heterocycles. The average Bonchev–Trinajstić information content (AvgIpc) is 2.86. The van der Waals surface area contributed by atoms with Crippen LogP contribution in [0.2, 0.25) is 0 Å². The highest BCUT2D eigenvalue weighted by Gasteiger charge is 2.23. The summed E-state index contributed by atoms with van der Waals surface area (Å²) in [5.41, 5.74) is 1.72. The molecule has 1 aromatic carbocycles. The second-order valence-corrected chi connectivity index (χ2v) is 4.08. The molecule has 1 atom stereocenters. The Morgan fingerprint density at radius 1 is 1.47 bits per heavy atom. The highest BCUT2D eigenvalue weighted by molar-refractivity contribution is 5.92. The van der Waals surface area contributed by atoms with Crippen molar-refractivity contribution in [2.45, 2.75) is 12.8 Å². The van der Waals surface area contributed by atoms with Crippen LogP contribution in [0, 0.1) is 17.2 Å². The largest absolute Gasteiger partial charge is 0.381 e. The van der Waals surface area contributed by atoms with Gasteiger partial charge in [0.25, 0.3) is 0 Å². The van der Waals surface area contributed by atoms with Gasteiger partial charge in [0.15, 0.2) is 0 Å². The molecule has 17 heavy (non-hydrogen) atoms. The van der Waals surface area contributed by atoms with E-state index in [1.54, 1.807) is 0 Å². The maximum absolute atomic E-state index is 11.8. The highest BCUT2D eigenvalue weighted by atomic mass is 16.5. The molecule has 4 nitrogen and oxygen atoms in total. The topological polar surface area (TPSA) is 62.1 Å². The molecule has 1 aromatic rings. The maximum atomic E-state index is 11.8. The fourth-order valence-electron chi connectivity index (χ4n) is 1.78. The number of nitrogens with zero attached hydrogens (tertiary/aromatic N) is 1. The normalized spacial score (nSPS) is 18.6. The Balaban J connectivity index is 1.94. The number of benzene rings is 1. The quantitative estimate of drug-likeness (QED) is 0.860. The van der Waals surface area contributed by atoms with E-state index in [0.717, 1.165) is 17.7 Å². The Labute approximate surface area is 100 Å². The van der Waals surface area contributed by atoms with Gasteiger partial charge in [-0.3, -0.25) is 4.79 Å². The Bertz CT molecular complexity index is 428. The van der Waals surface area contributed by atoms with E-state index >= 15 is 0 Å². The van der Waals surface area contributed by atoms with Crippen molar-refractivity contribution in [1.29, 1.82) is 5.26 Å². The first-order valence-electron chi connectivity index (χ1n) is 5.64. The summed E-state index contributed by atoms with van der Waals surface area (Å²) < 4.78 is 5.17. The zero-order valence-corrected chi connectivity index (χ0v) is 9.48. The molecular formula is C13H14N2O2. The molecule has 0 bridgehead atoms. The Kier molecular flexibility index (Phi) is 3.73. The second kappa shape index (κ2) is 5.46. The number of amides is 1. The lowest BCUT2D eigenvalue weighted by molar-refractivity contribution is -0.119. The van der Waals surface area contributed by atoms with Crippen molar-refractivity contribution in [3.63, 3.8) is 0 Å². The molecule has 1 heterocycles. The molecule has 1 unspecified atom stereocenters. The summed E-state index contributed by atoms with van der Waals surface area (Å²) in [5, 5.41) is 11.4. The van der Waals surface area contributed by atoms with E-state index < -0.39 is 0 Å². The van der Waals surface area contributed by atoms with Gasteiger partial charge in [-0.05, 0) is 24.1 Å². The summed E-state index contributed by atoms with van der Waals surface area (Å²) in [5.74, 6) is -0.0238. The lowest BCUT2D eigenvalue weighted by Gasteiger charge is -2.09.